The summed E-state index contributed by atoms with van der Waals surface area (Å²) in [6, 6.07) is 17.8. The molecule has 0 aliphatic carbocycles. The van der Waals surface area contributed by atoms with Crippen LogP contribution in [0.5, 0.6) is 5.75 Å². The summed E-state index contributed by atoms with van der Waals surface area (Å²) in [5.41, 5.74) is 8.38. The fraction of sp³-hybridized carbons (Fsp3) is 0.235. The Bertz CT molecular complexity index is 620. The van der Waals surface area contributed by atoms with Crippen LogP contribution in [0.15, 0.2) is 48.5 Å². The highest BCUT2D eigenvalue weighted by Gasteiger charge is 2.12. The lowest BCUT2D eigenvalue weighted by molar-refractivity contribution is 0.414. The average Bonchev–Trinajstić information content (AvgIpc) is 2.55. The molecular weight excluding hydrogens is 262 g/mol. The van der Waals surface area contributed by atoms with E-state index in [2.05, 4.69) is 23.1 Å². The van der Waals surface area contributed by atoms with Gasteiger partial charge >= 0.3 is 0 Å². The summed E-state index contributed by atoms with van der Waals surface area (Å²) in [5.74, 6) is 0.735. The summed E-state index contributed by atoms with van der Waals surface area (Å²) in [5, 5.41) is 9.32. The molecule has 0 aliphatic rings. The molecule has 0 atom stereocenters. The normalized spacial score (nSPS) is 9.95. The van der Waals surface area contributed by atoms with Crippen molar-refractivity contribution in [3.63, 3.8) is 0 Å². The van der Waals surface area contributed by atoms with Gasteiger partial charge < -0.3 is 15.4 Å². The molecule has 0 heterocycles. The van der Waals surface area contributed by atoms with Crippen LogP contribution in [-0.2, 0) is 6.54 Å². The van der Waals surface area contributed by atoms with Crippen LogP contribution in [0.25, 0.3) is 0 Å². The van der Waals surface area contributed by atoms with Crippen LogP contribution in [0.1, 0.15) is 11.1 Å². The smallest absolute Gasteiger partial charge is 0.121 e. The highest BCUT2D eigenvalue weighted by atomic mass is 16.5. The minimum absolute atomic E-state index is 0.523. The van der Waals surface area contributed by atoms with Crippen molar-refractivity contribution in [3.05, 3.63) is 59.7 Å². The summed E-state index contributed by atoms with van der Waals surface area (Å²) in [6.45, 7) is 1.91. The van der Waals surface area contributed by atoms with Crippen LogP contribution in [0.4, 0.5) is 5.69 Å². The van der Waals surface area contributed by atoms with E-state index in [9.17, 15) is 5.26 Å². The number of anilines is 1. The fourth-order valence-electron chi connectivity index (χ4n) is 2.24. The molecule has 21 heavy (non-hydrogen) atoms. The molecule has 2 rings (SSSR count). The van der Waals surface area contributed by atoms with Gasteiger partial charge in [0.2, 0.25) is 0 Å². The van der Waals surface area contributed by atoms with Gasteiger partial charge in [-0.05, 0) is 17.7 Å². The van der Waals surface area contributed by atoms with Crippen LogP contribution in [0, 0.1) is 11.3 Å². The van der Waals surface area contributed by atoms with Crippen LogP contribution in [0.3, 0.4) is 0 Å². The van der Waals surface area contributed by atoms with E-state index in [0.717, 1.165) is 11.4 Å². The molecule has 0 spiro atoms. The van der Waals surface area contributed by atoms with Crippen molar-refractivity contribution >= 4 is 5.69 Å². The molecule has 0 aliphatic heterocycles. The molecule has 0 aromatic heterocycles. The van der Waals surface area contributed by atoms with E-state index in [1.807, 2.05) is 24.3 Å². The first-order valence-electron chi connectivity index (χ1n) is 6.85. The molecule has 0 saturated carbocycles. The zero-order chi connectivity index (χ0) is 15.1. The quantitative estimate of drug-likeness (QED) is 0.883. The molecular formula is C17H19N3O. The van der Waals surface area contributed by atoms with Crippen molar-refractivity contribution in [1.82, 2.24) is 0 Å². The first-order valence-corrected chi connectivity index (χ1v) is 6.85. The van der Waals surface area contributed by atoms with Crippen LogP contribution >= 0.6 is 0 Å². The molecule has 0 unspecified atom stereocenters. The van der Waals surface area contributed by atoms with Gasteiger partial charge in [-0.25, -0.2) is 0 Å². The van der Waals surface area contributed by atoms with E-state index in [-0.39, 0.29) is 0 Å². The largest absolute Gasteiger partial charge is 0.497 e. The lowest BCUT2D eigenvalue weighted by Gasteiger charge is -2.25. The predicted octanol–water partition coefficient (Wildman–Crippen LogP) is 2.53. The van der Waals surface area contributed by atoms with Gasteiger partial charge in [0.1, 0.15) is 11.8 Å². The van der Waals surface area contributed by atoms with E-state index in [4.69, 9.17) is 10.5 Å². The highest BCUT2D eigenvalue weighted by Crippen LogP contribution is 2.26. The van der Waals surface area contributed by atoms with E-state index in [1.165, 1.54) is 5.56 Å². The molecule has 4 nitrogen and oxygen atoms in total. The summed E-state index contributed by atoms with van der Waals surface area (Å²) < 4.78 is 5.27. The van der Waals surface area contributed by atoms with Gasteiger partial charge in [0, 0.05) is 25.7 Å². The second-order valence-corrected chi connectivity index (χ2v) is 4.69. The zero-order valence-corrected chi connectivity index (χ0v) is 12.1. The second kappa shape index (κ2) is 7.32. The molecule has 2 aromatic carbocycles. The Morgan fingerprint density at radius 3 is 2.57 bits per heavy atom. The summed E-state index contributed by atoms with van der Waals surface area (Å²) in [7, 11) is 1.62. The molecule has 2 aromatic rings. The minimum Gasteiger partial charge on any atom is -0.497 e. The number of benzene rings is 2. The fourth-order valence-corrected chi connectivity index (χ4v) is 2.24. The Kier molecular flexibility index (Phi) is 5.19. The van der Waals surface area contributed by atoms with E-state index < -0.39 is 0 Å². The Labute approximate surface area is 125 Å². The molecule has 0 saturated heterocycles. The lowest BCUT2D eigenvalue weighted by atomic mass is 10.1. The number of rotatable bonds is 6. The van der Waals surface area contributed by atoms with Gasteiger partial charge in [0.15, 0.2) is 0 Å². The topological polar surface area (TPSA) is 62.3 Å². The van der Waals surface area contributed by atoms with Crippen LogP contribution in [-0.4, -0.2) is 20.2 Å². The van der Waals surface area contributed by atoms with Crippen LogP contribution < -0.4 is 15.4 Å². The van der Waals surface area contributed by atoms with Crippen molar-refractivity contribution in [1.29, 1.82) is 5.26 Å². The number of hydrogen-bond acceptors (Lipinski definition) is 4. The van der Waals surface area contributed by atoms with Gasteiger partial charge in [0.25, 0.3) is 0 Å². The van der Waals surface area contributed by atoms with Crippen molar-refractivity contribution in [2.45, 2.75) is 6.54 Å². The van der Waals surface area contributed by atoms with E-state index >= 15 is 0 Å². The molecule has 0 fully saturated rings. The van der Waals surface area contributed by atoms with Crippen LogP contribution in [0.2, 0.25) is 0 Å². The maximum absolute atomic E-state index is 9.32. The van der Waals surface area contributed by atoms with Gasteiger partial charge in [-0.3, -0.25) is 0 Å². The van der Waals surface area contributed by atoms with Crippen molar-refractivity contribution in [2.24, 2.45) is 5.73 Å². The Morgan fingerprint density at radius 1 is 1.19 bits per heavy atom. The molecule has 0 bridgehead atoms. The highest BCUT2D eigenvalue weighted by molar-refractivity contribution is 5.62. The van der Waals surface area contributed by atoms with Gasteiger partial charge in [-0.2, -0.15) is 5.26 Å². The first kappa shape index (κ1) is 14.9. The number of methoxy groups -OCH3 is 1. The minimum atomic E-state index is 0.523. The van der Waals surface area contributed by atoms with Crippen molar-refractivity contribution in [3.8, 4) is 11.8 Å². The third-order valence-electron chi connectivity index (χ3n) is 3.28. The SMILES string of the molecule is COc1ccc(C#N)c(N(CCN)Cc2ccccc2)c1. The number of nitrogens with zero attached hydrogens (tertiary/aromatic N) is 2. The van der Waals surface area contributed by atoms with Gasteiger partial charge in [0.05, 0.1) is 18.4 Å². The average molecular weight is 281 g/mol. The molecule has 2 N–H and O–H groups in total. The summed E-state index contributed by atoms with van der Waals surface area (Å²) in [4.78, 5) is 2.11. The number of nitrogens with two attached hydrogens (primary N) is 1. The van der Waals surface area contributed by atoms with E-state index in [1.54, 1.807) is 19.2 Å². The lowest BCUT2D eigenvalue weighted by Crippen LogP contribution is -2.29. The number of ether oxygens (including phenoxy) is 1. The maximum atomic E-state index is 9.32. The van der Waals surface area contributed by atoms with Crippen molar-refractivity contribution < 1.29 is 4.74 Å². The molecule has 0 amide bonds. The predicted molar refractivity (Wildman–Crippen MR) is 84.3 cm³/mol. The number of nitriles is 1. The first-order chi connectivity index (χ1) is 10.3. The zero-order valence-electron chi connectivity index (χ0n) is 12.1. The summed E-state index contributed by atoms with van der Waals surface area (Å²) in [6.07, 6.45) is 0. The monoisotopic (exact) mass is 281 g/mol. The Morgan fingerprint density at radius 2 is 1.95 bits per heavy atom. The summed E-state index contributed by atoms with van der Waals surface area (Å²) >= 11 is 0. The Hall–Kier alpha value is -2.51. The van der Waals surface area contributed by atoms with Crippen molar-refractivity contribution in [2.75, 3.05) is 25.1 Å². The van der Waals surface area contributed by atoms with E-state index in [0.29, 0.717) is 25.2 Å². The standard InChI is InChI=1S/C17H19N3O/c1-21-16-8-7-15(12-19)17(11-16)20(10-9-18)13-14-5-3-2-4-6-14/h2-8,11H,9-10,13,18H2,1H3. The Balaban J connectivity index is 2.35. The number of hydrogen-bond donors (Lipinski definition) is 1. The van der Waals surface area contributed by atoms with Gasteiger partial charge in [-0.1, -0.05) is 30.3 Å². The molecule has 4 heteroatoms. The third-order valence-corrected chi connectivity index (χ3v) is 3.28. The third kappa shape index (κ3) is 3.74. The maximum Gasteiger partial charge on any atom is 0.121 e. The molecule has 0 radical (unpaired) electrons. The van der Waals surface area contributed by atoms with Gasteiger partial charge in [-0.15, -0.1) is 0 Å². The molecule has 108 valence electrons. The second-order valence-electron chi connectivity index (χ2n) is 4.69.